The number of carbonyl (C=O) groups excluding carboxylic acids is 1. The van der Waals surface area contributed by atoms with Crippen molar-refractivity contribution in [2.24, 2.45) is 0 Å². The molecule has 0 radical (unpaired) electrons. The lowest BCUT2D eigenvalue weighted by Gasteiger charge is -2.13. The number of benzene rings is 2. The van der Waals surface area contributed by atoms with E-state index in [0.717, 1.165) is 30.0 Å². The number of thioether (sulfide) groups is 1. The van der Waals surface area contributed by atoms with Gasteiger partial charge in [-0.2, -0.15) is 13.2 Å². The molecule has 164 valence electrons. The molecule has 4 rings (SSSR count). The Morgan fingerprint density at radius 2 is 1.91 bits per heavy atom. The van der Waals surface area contributed by atoms with Gasteiger partial charge in [-0.05, 0) is 41.8 Å². The molecule has 0 aliphatic heterocycles. The van der Waals surface area contributed by atoms with E-state index in [1.807, 2.05) is 6.07 Å². The average molecular weight is 496 g/mol. The third-order valence-corrected chi connectivity index (χ3v) is 6.46. The van der Waals surface area contributed by atoms with Crippen molar-refractivity contribution >= 4 is 56.5 Å². The molecule has 0 saturated heterocycles. The maximum Gasteiger partial charge on any atom is 0.416 e. The van der Waals surface area contributed by atoms with Crippen LogP contribution < -0.4 is 10.9 Å². The molecule has 5 nitrogen and oxygen atoms in total. The van der Waals surface area contributed by atoms with Gasteiger partial charge < -0.3 is 5.32 Å². The van der Waals surface area contributed by atoms with Crippen molar-refractivity contribution in [1.82, 2.24) is 9.55 Å². The first-order chi connectivity index (χ1) is 15.2. The number of fused-ring (bicyclic) bond motifs is 1. The van der Waals surface area contributed by atoms with E-state index in [0.29, 0.717) is 21.1 Å². The van der Waals surface area contributed by atoms with Crippen LogP contribution in [0.15, 0.2) is 69.9 Å². The van der Waals surface area contributed by atoms with Crippen molar-refractivity contribution in [1.29, 1.82) is 0 Å². The quantitative estimate of drug-likeness (QED) is 0.278. The van der Waals surface area contributed by atoms with E-state index in [1.54, 1.807) is 35.7 Å². The van der Waals surface area contributed by atoms with Crippen LogP contribution in [-0.2, 0) is 11.0 Å². The number of thiophene rings is 1. The molecule has 2 heterocycles. The number of anilines is 1. The fourth-order valence-electron chi connectivity index (χ4n) is 2.91. The summed E-state index contributed by atoms with van der Waals surface area (Å²) in [6.07, 6.45) is -4.56. The van der Waals surface area contributed by atoms with E-state index in [4.69, 9.17) is 11.6 Å². The minimum absolute atomic E-state index is 0.0179. The van der Waals surface area contributed by atoms with Gasteiger partial charge in [0, 0.05) is 0 Å². The standard InChI is InChI=1S/C21H13ClF3N3O2S2/c22-15-7-6-12(21(23,24)25)10-16(15)26-17(29)11-32-20-27-18-14(8-9-31-18)19(30)28(20)13-4-2-1-3-5-13/h1-10H,11H2,(H,26,29). The molecule has 1 N–H and O–H groups in total. The maximum absolute atomic E-state index is 13.0. The normalized spacial score (nSPS) is 11.6. The Kier molecular flexibility index (Phi) is 6.27. The predicted octanol–water partition coefficient (Wildman–Crippen LogP) is 5.85. The van der Waals surface area contributed by atoms with Crippen LogP contribution in [0.2, 0.25) is 5.02 Å². The summed E-state index contributed by atoms with van der Waals surface area (Å²) in [7, 11) is 0. The number of nitrogens with one attached hydrogen (secondary N) is 1. The van der Waals surface area contributed by atoms with E-state index < -0.39 is 17.6 Å². The monoisotopic (exact) mass is 495 g/mol. The summed E-state index contributed by atoms with van der Waals surface area (Å²) >= 11 is 8.24. The van der Waals surface area contributed by atoms with Crippen LogP contribution in [0.1, 0.15) is 5.56 Å². The minimum atomic E-state index is -4.56. The Labute approximate surface area is 192 Å². The first kappa shape index (κ1) is 22.4. The highest BCUT2D eigenvalue weighted by molar-refractivity contribution is 7.99. The molecule has 11 heteroatoms. The molecule has 0 unspecified atom stereocenters. The molecule has 0 bridgehead atoms. The van der Waals surface area contributed by atoms with Gasteiger partial charge in [0.2, 0.25) is 5.91 Å². The van der Waals surface area contributed by atoms with E-state index in [1.165, 1.54) is 15.9 Å². The zero-order valence-electron chi connectivity index (χ0n) is 16.0. The molecule has 0 aliphatic carbocycles. The SMILES string of the molecule is O=C(CSc1nc2sccc2c(=O)n1-c1ccccc1)Nc1cc(C(F)(F)F)ccc1Cl. The predicted molar refractivity (Wildman–Crippen MR) is 121 cm³/mol. The van der Waals surface area contributed by atoms with Crippen molar-refractivity contribution < 1.29 is 18.0 Å². The second-order valence-electron chi connectivity index (χ2n) is 6.54. The number of alkyl halides is 3. The molecule has 0 saturated carbocycles. The molecular weight excluding hydrogens is 483 g/mol. The van der Waals surface area contributed by atoms with E-state index in [9.17, 15) is 22.8 Å². The highest BCUT2D eigenvalue weighted by Crippen LogP contribution is 2.34. The number of rotatable bonds is 5. The van der Waals surface area contributed by atoms with Crippen molar-refractivity contribution in [3.63, 3.8) is 0 Å². The highest BCUT2D eigenvalue weighted by atomic mass is 35.5. The molecular formula is C21H13ClF3N3O2S2. The lowest BCUT2D eigenvalue weighted by atomic mass is 10.2. The molecule has 0 aliphatic rings. The number of carbonyl (C=O) groups is 1. The summed E-state index contributed by atoms with van der Waals surface area (Å²) in [5.74, 6) is -0.778. The lowest BCUT2D eigenvalue weighted by Crippen LogP contribution is -2.22. The van der Waals surface area contributed by atoms with Crippen LogP contribution in [0.4, 0.5) is 18.9 Å². The van der Waals surface area contributed by atoms with Crippen LogP contribution in [0.5, 0.6) is 0 Å². The molecule has 2 aromatic heterocycles. The maximum atomic E-state index is 13.0. The average Bonchev–Trinajstić information content (AvgIpc) is 3.23. The number of halogens is 4. The van der Waals surface area contributed by atoms with E-state index in [-0.39, 0.29) is 22.0 Å². The number of hydrogen-bond acceptors (Lipinski definition) is 5. The van der Waals surface area contributed by atoms with Crippen molar-refractivity contribution in [2.75, 3.05) is 11.1 Å². The topological polar surface area (TPSA) is 64.0 Å². The van der Waals surface area contributed by atoms with Gasteiger partial charge in [-0.15, -0.1) is 11.3 Å². The first-order valence-corrected chi connectivity index (χ1v) is 11.3. The number of aromatic nitrogens is 2. The first-order valence-electron chi connectivity index (χ1n) is 9.09. The van der Waals surface area contributed by atoms with Crippen LogP contribution in [-0.4, -0.2) is 21.2 Å². The molecule has 0 fully saturated rings. The summed E-state index contributed by atoms with van der Waals surface area (Å²) in [6, 6.07) is 13.2. The molecule has 0 atom stereocenters. The Bertz CT molecular complexity index is 1350. The van der Waals surface area contributed by atoms with Gasteiger partial charge in [0.05, 0.1) is 33.1 Å². The van der Waals surface area contributed by atoms with Crippen LogP contribution >= 0.6 is 34.7 Å². The summed E-state index contributed by atoms with van der Waals surface area (Å²) in [6.45, 7) is 0. The third-order valence-electron chi connectivity index (χ3n) is 4.38. The van der Waals surface area contributed by atoms with Crippen molar-refractivity contribution in [2.45, 2.75) is 11.3 Å². The number of para-hydroxylation sites is 1. The Hall–Kier alpha value is -2.82. The van der Waals surface area contributed by atoms with E-state index >= 15 is 0 Å². The molecule has 4 aromatic rings. The molecule has 0 spiro atoms. The van der Waals surface area contributed by atoms with Gasteiger partial charge in [0.15, 0.2) is 5.16 Å². The van der Waals surface area contributed by atoms with Crippen LogP contribution in [0.3, 0.4) is 0 Å². The van der Waals surface area contributed by atoms with Crippen molar-refractivity contribution in [3.8, 4) is 5.69 Å². The zero-order chi connectivity index (χ0) is 22.9. The number of amides is 1. The van der Waals surface area contributed by atoms with Crippen molar-refractivity contribution in [3.05, 3.63) is 80.9 Å². The molecule has 1 amide bonds. The Balaban J connectivity index is 1.60. The summed E-state index contributed by atoms with van der Waals surface area (Å²) in [5, 5.41) is 4.89. The summed E-state index contributed by atoms with van der Waals surface area (Å²) < 4.78 is 40.3. The number of hydrogen-bond donors (Lipinski definition) is 1. The van der Waals surface area contributed by atoms with Gasteiger partial charge >= 0.3 is 6.18 Å². The van der Waals surface area contributed by atoms with Gasteiger partial charge in [-0.3, -0.25) is 14.2 Å². The summed E-state index contributed by atoms with van der Waals surface area (Å²) in [5.41, 5.74) is -0.755. The molecule has 32 heavy (non-hydrogen) atoms. The van der Waals surface area contributed by atoms with E-state index in [2.05, 4.69) is 10.3 Å². The van der Waals surface area contributed by atoms with Gasteiger partial charge in [-0.25, -0.2) is 4.98 Å². The second kappa shape index (κ2) is 8.97. The summed E-state index contributed by atoms with van der Waals surface area (Å²) in [4.78, 5) is 30.5. The smallest absolute Gasteiger partial charge is 0.324 e. The Morgan fingerprint density at radius 1 is 1.16 bits per heavy atom. The highest BCUT2D eigenvalue weighted by Gasteiger charge is 2.31. The van der Waals surface area contributed by atoms with Crippen LogP contribution in [0, 0.1) is 0 Å². The van der Waals surface area contributed by atoms with Gasteiger partial charge in [-0.1, -0.05) is 41.6 Å². The number of nitrogens with zero attached hydrogens (tertiary/aromatic N) is 2. The second-order valence-corrected chi connectivity index (χ2v) is 8.78. The molecule has 2 aromatic carbocycles. The fraction of sp³-hybridized carbons (Fsp3) is 0.0952. The van der Waals surface area contributed by atoms with Gasteiger partial charge in [0.1, 0.15) is 4.83 Å². The van der Waals surface area contributed by atoms with Gasteiger partial charge in [0.25, 0.3) is 5.56 Å². The zero-order valence-corrected chi connectivity index (χ0v) is 18.4. The Morgan fingerprint density at radius 3 is 2.62 bits per heavy atom. The minimum Gasteiger partial charge on any atom is -0.324 e. The third kappa shape index (κ3) is 4.67. The fourth-order valence-corrected chi connectivity index (χ4v) is 4.69. The lowest BCUT2D eigenvalue weighted by molar-refractivity contribution is -0.137. The largest absolute Gasteiger partial charge is 0.416 e. The van der Waals surface area contributed by atoms with Crippen LogP contribution in [0.25, 0.3) is 15.9 Å².